The van der Waals surface area contributed by atoms with E-state index in [0.29, 0.717) is 25.1 Å². The Hall–Kier alpha value is -1.55. The van der Waals surface area contributed by atoms with Crippen molar-refractivity contribution in [2.45, 2.75) is 20.3 Å². The van der Waals surface area contributed by atoms with Crippen molar-refractivity contribution in [1.82, 2.24) is 4.90 Å². The normalized spacial score (nSPS) is 10.2. The molecule has 0 saturated carbocycles. The maximum Gasteiger partial charge on any atom is 0.253 e. The fourth-order valence-corrected chi connectivity index (χ4v) is 1.78. The third kappa shape index (κ3) is 4.04. The van der Waals surface area contributed by atoms with Crippen LogP contribution in [0.1, 0.15) is 30.6 Å². The summed E-state index contributed by atoms with van der Waals surface area (Å²) >= 11 is 0. The highest BCUT2D eigenvalue weighted by atomic mass is 16.3. The van der Waals surface area contributed by atoms with Crippen LogP contribution in [-0.4, -0.2) is 42.2 Å². The van der Waals surface area contributed by atoms with E-state index in [1.807, 2.05) is 38.1 Å². The molecule has 0 radical (unpaired) electrons. The van der Waals surface area contributed by atoms with Gasteiger partial charge in [-0.15, -0.1) is 0 Å². The second-order valence-electron chi connectivity index (χ2n) is 4.07. The van der Waals surface area contributed by atoms with Gasteiger partial charge in [-0.1, -0.05) is 0 Å². The molecule has 0 heterocycles. The topological polar surface area (TPSA) is 52.6 Å². The van der Waals surface area contributed by atoms with E-state index in [0.717, 1.165) is 12.2 Å². The summed E-state index contributed by atoms with van der Waals surface area (Å²) in [4.78, 5) is 13.9. The molecule has 1 amide bonds. The molecule has 0 aliphatic heterocycles. The van der Waals surface area contributed by atoms with Crippen molar-refractivity contribution in [2.24, 2.45) is 0 Å². The summed E-state index contributed by atoms with van der Waals surface area (Å²) in [7, 11) is 0. The number of anilines is 1. The first-order valence-electron chi connectivity index (χ1n) is 6.47. The summed E-state index contributed by atoms with van der Waals surface area (Å²) in [6.45, 7) is 6.22. The molecule has 2 N–H and O–H groups in total. The van der Waals surface area contributed by atoms with E-state index in [-0.39, 0.29) is 12.5 Å². The van der Waals surface area contributed by atoms with Crippen molar-refractivity contribution in [3.05, 3.63) is 29.8 Å². The third-order valence-electron chi connectivity index (χ3n) is 2.77. The summed E-state index contributed by atoms with van der Waals surface area (Å²) in [5, 5.41) is 12.0. The van der Waals surface area contributed by atoms with Crippen LogP contribution in [0, 0.1) is 0 Å². The zero-order valence-electron chi connectivity index (χ0n) is 11.1. The lowest BCUT2D eigenvalue weighted by molar-refractivity contribution is 0.0754. The van der Waals surface area contributed by atoms with Crippen molar-refractivity contribution in [3.63, 3.8) is 0 Å². The maximum atomic E-state index is 12.2. The molecule has 4 nitrogen and oxygen atoms in total. The highest BCUT2D eigenvalue weighted by Gasteiger charge is 2.13. The zero-order chi connectivity index (χ0) is 13.4. The quantitative estimate of drug-likeness (QED) is 0.778. The molecule has 0 bridgehead atoms. The molecule has 100 valence electrons. The number of carbonyl (C=O) groups is 1. The number of hydrogen-bond acceptors (Lipinski definition) is 3. The summed E-state index contributed by atoms with van der Waals surface area (Å²) in [5.41, 5.74) is 1.71. The van der Waals surface area contributed by atoms with Crippen LogP contribution in [0.3, 0.4) is 0 Å². The van der Waals surface area contributed by atoms with E-state index in [2.05, 4.69) is 5.32 Å². The molecule has 1 aromatic carbocycles. The van der Waals surface area contributed by atoms with E-state index in [1.165, 1.54) is 0 Å². The minimum Gasteiger partial charge on any atom is -0.396 e. The molecule has 0 unspecified atom stereocenters. The number of nitrogens with zero attached hydrogens (tertiary/aromatic N) is 1. The second kappa shape index (κ2) is 7.71. The summed E-state index contributed by atoms with van der Waals surface area (Å²) in [6.07, 6.45) is 0.620. The SMILES string of the molecule is CCNc1ccc(C(=O)N(CC)CCCO)cc1. The predicted octanol–water partition coefficient (Wildman–Crippen LogP) is 1.96. The molecule has 0 aliphatic rings. The Morgan fingerprint density at radius 3 is 2.44 bits per heavy atom. The summed E-state index contributed by atoms with van der Waals surface area (Å²) < 4.78 is 0. The molecule has 0 spiro atoms. The first-order chi connectivity index (χ1) is 8.72. The highest BCUT2D eigenvalue weighted by Crippen LogP contribution is 2.11. The first-order valence-corrected chi connectivity index (χ1v) is 6.47. The molecule has 0 aliphatic carbocycles. The number of aliphatic hydroxyl groups is 1. The van der Waals surface area contributed by atoms with Gasteiger partial charge in [0.2, 0.25) is 0 Å². The van der Waals surface area contributed by atoms with Gasteiger partial charge < -0.3 is 15.3 Å². The highest BCUT2D eigenvalue weighted by molar-refractivity contribution is 5.94. The number of carbonyl (C=O) groups excluding carboxylic acids is 1. The van der Waals surface area contributed by atoms with Gasteiger partial charge in [0.15, 0.2) is 0 Å². The van der Waals surface area contributed by atoms with Gasteiger partial charge in [-0.25, -0.2) is 0 Å². The van der Waals surface area contributed by atoms with Crippen LogP contribution < -0.4 is 5.32 Å². The maximum absolute atomic E-state index is 12.2. The Morgan fingerprint density at radius 1 is 1.28 bits per heavy atom. The average Bonchev–Trinajstić information content (AvgIpc) is 2.40. The van der Waals surface area contributed by atoms with Gasteiger partial charge in [0, 0.05) is 37.5 Å². The third-order valence-corrected chi connectivity index (χ3v) is 2.77. The fraction of sp³-hybridized carbons (Fsp3) is 0.500. The number of aliphatic hydroxyl groups excluding tert-OH is 1. The molecule has 18 heavy (non-hydrogen) atoms. The van der Waals surface area contributed by atoms with E-state index >= 15 is 0 Å². The Morgan fingerprint density at radius 2 is 1.94 bits per heavy atom. The monoisotopic (exact) mass is 250 g/mol. The van der Waals surface area contributed by atoms with E-state index in [1.54, 1.807) is 4.90 Å². The molecule has 0 saturated heterocycles. The summed E-state index contributed by atoms with van der Waals surface area (Å²) in [5.74, 6) is 0.0222. The number of nitrogens with one attached hydrogen (secondary N) is 1. The standard InChI is InChI=1S/C14H22N2O2/c1-3-15-13-8-6-12(7-9-13)14(18)16(4-2)10-5-11-17/h6-9,15,17H,3-5,10-11H2,1-2H3. The zero-order valence-corrected chi connectivity index (χ0v) is 11.1. The van der Waals surface area contributed by atoms with Crippen molar-refractivity contribution in [1.29, 1.82) is 0 Å². The largest absolute Gasteiger partial charge is 0.396 e. The van der Waals surface area contributed by atoms with Crippen molar-refractivity contribution in [2.75, 3.05) is 31.6 Å². The van der Waals surface area contributed by atoms with Gasteiger partial charge >= 0.3 is 0 Å². The lowest BCUT2D eigenvalue weighted by Gasteiger charge is -2.20. The minimum absolute atomic E-state index is 0.0222. The molecule has 0 fully saturated rings. The predicted molar refractivity (Wildman–Crippen MR) is 73.9 cm³/mol. The van der Waals surface area contributed by atoms with Crippen LogP contribution in [0.2, 0.25) is 0 Å². The Kier molecular flexibility index (Phi) is 6.22. The number of hydrogen-bond donors (Lipinski definition) is 2. The van der Waals surface area contributed by atoms with E-state index in [9.17, 15) is 4.79 Å². The van der Waals surface area contributed by atoms with Crippen molar-refractivity contribution >= 4 is 11.6 Å². The van der Waals surface area contributed by atoms with Crippen LogP contribution in [-0.2, 0) is 0 Å². The van der Waals surface area contributed by atoms with Gasteiger partial charge in [-0.05, 0) is 44.5 Å². The molecule has 1 rings (SSSR count). The molecule has 1 aromatic rings. The van der Waals surface area contributed by atoms with Crippen LogP contribution in [0.15, 0.2) is 24.3 Å². The van der Waals surface area contributed by atoms with Crippen LogP contribution in [0.25, 0.3) is 0 Å². The molecular weight excluding hydrogens is 228 g/mol. The van der Waals surface area contributed by atoms with Crippen molar-refractivity contribution in [3.8, 4) is 0 Å². The first kappa shape index (κ1) is 14.5. The Labute approximate surface area is 109 Å². The van der Waals surface area contributed by atoms with Gasteiger partial charge in [-0.3, -0.25) is 4.79 Å². The molecular formula is C14H22N2O2. The Balaban J connectivity index is 2.69. The molecule has 4 heteroatoms. The van der Waals surface area contributed by atoms with Gasteiger partial charge in [0.25, 0.3) is 5.91 Å². The van der Waals surface area contributed by atoms with Crippen LogP contribution in [0.5, 0.6) is 0 Å². The van der Waals surface area contributed by atoms with Gasteiger partial charge in [0.05, 0.1) is 0 Å². The van der Waals surface area contributed by atoms with Crippen LogP contribution >= 0.6 is 0 Å². The van der Waals surface area contributed by atoms with E-state index < -0.39 is 0 Å². The van der Waals surface area contributed by atoms with E-state index in [4.69, 9.17) is 5.11 Å². The van der Waals surface area contributed by atoms with Gasteiger partial charge in [-0.2, -0.15) is 0 Å². The lowest BCUT2D eigenvalue weighted by Crippen LogP contribution is -2.32. The number of rotatable bonds is 7. The smallest absolute Gasteiger partial charge is 0.253 e. The molecule has 0 atom stereocenters. The van der Waals surface area contributed by atoms with Crippen molar-refractivity contribution < 1.29 is 9.90 Å². The average molecular weight is 250 g/mol. The van der Waals surface area contributed by atoms with Gasteiger partial charge in [0.1, 0.15) is 0 Å². The fourth-order valence-electron chi connectivity index (χ4n) is 1.78. The molecule has 0 aromatic heterocycles. The number of benzene rings is 1. The lowest BCUT2D eigenvalue weighted by atomic mass is 10.1. The number of amides is 1. The second-order valence-corrected chi connectivity index (χ2v) is 4.07. The Bertz CT molecular complexity index is 363. The summed E-state index contributed by atoms with van der Waals surface area (Å²) in [6, 6.07) is 7.50. The van der Waals surface area contributed by atoms with Crippen LogP contribution in [0.4, 0.5) is 5.69 Å². The minimum atomic E-state index is 0.0222.